The lowest BCUT2D eigenvalue weighted by Crippen LogP contribution is -2.24. The van der Waals surface area contributed by atoms with Gasteiger partial charge in [-0.25, -0.2) is 26.3 Å². The average Bonchev–Trinajstić information content (AvgIpc) is 2.86. The Bertz CT molecular complexity index is 686. The van der Waals surface area contributed by atoms with Gasteiger partial charge in [0.1, 0.15) is 4.90 Å². The average molecular weight is 291 g/mol. The normalized spacial score (nSPS) is 11.7. The molecule has 5 nitrogen and oxygen atoms in total. The first-order valence-corrected chi connectivity index (χ1v) is 6.51. The second-order valence-electron chi connectivity index (χ2n) is 3.60. The van der Waals surface area contributed by atoms with Crippen LogP contribution in [0.3, 0.4) is 0 Å². The molecule has 0 aliphatic heterocycles. The summed E-state index contributed by atoms with van der Waals surface area (Å²) in [7, 11) is -4.28. The monoisotopic (exact) mass is 291 g/mol. The number of hydrogen-bond donors (Lipinski definition) is 2. The number of benzene rings is 1. The Balaban J connectivity index is 2.27. The minimum atomic E-state index is -4.28. The van der Waals surface area contributed by atoms with Crippen LogP contribution >= 0.6 is 0 Å². The second kappa shape index (κ2) is 5.02. The fraction of sp³-hybridized carbons (Fsp3) is 0.100. The van der Waals surface area contributed by atoms with Crippen LogP contribution in [0.15, 0.2) is 29.4 Å². The van der Waals surface area contributed by atoms with Gasteiger partial charge in [-0.15, -0.1) is 0 Å². The van der Waals surface area contributed by atoms with Crippen LogP contribution in [0.5, 0.6) is 0 Å². The van der Waals surface area contributed by atoms with Crippen LogP contribution < -0.4 is 4.72 Å². The van der Waals surface area contributed by atoms with Crippen molar-refractivity contribution in [3.8, 4) is 0 Å². The summed E-state index contributed by atoms with van der Waals surface area (Å²) in [5.74, 6) is -5.03. The molecule has 0 amide bonds. The molecule has 0 radical (unpaired) electrons. The fourth-order valence-corrected chi connectivity index (χ4v) is 2.43. The summed E-state index contributed by atoms with van der Waals surface area (Å²) < 4.78 is 64.6. The summed E-state index contributed by atoms with van der Waals surface area (Å²) in [6.07, 6.45) is 2.80. The van der Waals surface area contributed by atoms with E-state index in [1.807, 2.05) is 4.72 Å². The summed E-state index contributed by atoms with van der Waals surface area (Å²) in [5.41, 5.74) is 0.506. The highest BCUT2D eigenvalue weighted by atomic mass is 32.2. The van der Waals surface area contributed by atoms with Crippen LogP contribution in [0, 0.1) is 17.5 Å². The van der Waals surface area contributed by atoms with Gasteiger partial charge in [0.2, 0.25) is 10.0 Å². The number of nitrogens with zero attached hydrogens (tertiary/aromatic N) is 1. The van der Waals surface area contributed by atoms with Crippen LogP contribution in [-0.2, 0) is 16.6 Å². The Morgan fingerprint density at radius 2 is 1.95 bits per heavy atom. The number of H-pyrrole nitrogens is 1. The van der Waals surface area contributed by atoms with Gasteiger partial charge in [-0.2, -0.15) is 5.10 Å². The van der Waals surface area contributed by atoms with Gasteiger partial charge < -0.3 is 0 Å². The molecule has 1 aromatic carbocycles. The van der Waals surface area contributed by atoms with E-state index in [0.717, 1.165) is 0 Å². The lowest BCUT2D eigenvalue weighted by atomic mass is 10.3. The van der Waals surface area contributed by atoms with E-state index >= 15 is 0 Å². The molecule has 0 spiro atoms. The van der Waals surface area contributed by atoms with E-state index < -0.39 is 32.4 Å². The predicted octanol–water partition coefficient (Wildman–Crippen LogP) is 1.31. The molecule has 0 saturated heterocycles. The largest absolute Gasteiger partial charge is 0.285 e. The Labute approximate surface area is 106 Å². The number of aromatic nitrogens is 2. The van der Waals surface area contributed by atoms with E-state index in [0.29, 0.717) is 17.7 Å². The maximum atomic E-state index is 13.4. The Hall–Kier alpha value is -1.87. The molecule has 102 valence electrons. The van der Waals surface area contributed by atoms with Gasteiger partial charge in [-0.05, 0) is 12.1 Å². The van der Waals surface area contributed by atoms with Crippen LogP contribution in [-0.4, -0.2) is 18.6 Å². The molecular weight excluding hydrogens is 283 g/mol. The molecule has 0 saturated carbocycles. The molecule has 9 heteroatoms. The number of sulfonamides is 1. The molecule has 2 rings (SSSR count). The summed E-state index contributed by atoms with van der Waals surface area (Å²) in [5, 5.41) is 6.06. The molecule has 2 N–H and O–H groups in total. The Morgan fingerprint density at radius 3 is 2.58 bits per heavy atom. The molecular formula is C10H8F3N3O2S. The zero-order valence-corrected chi connectivity index (χ0v) is 10.1. The van der Waals surface area contributed by atoms with Crippen LogP contribution in [0.2, 0.25) is 0 Å². The van der Waals surface area contributed by atoms with Gasteiger partial charge in [0, 0.05) is 18.3 Å². The summed E-state index contributed by atoms with van der Waals surface area (Å²) in [6.45, 7) is -0.155. The second-order valence-corrected chi connectivity index (χ2v) is 5.34. The predicted molar refractivity (Wildman–Crippen MR) is 58.9 cm³/mol. The van der Waals surface area contributed by atoms with Gasteiger partial charge in [-0.3, -0.25) is 5.10 Å². The summed E-state index contributed by atoms with van der Waals surface area (Å²) in [4.78, 5) is -0.949. The lowest BCUT2D eigenvalue weighted by Gasteiger charge is -2.07. The van der Waals surface area contributed by atoms with Crippen LogP contribution in [0.25, 0.3) is 0 Å². The molecule has 1 aromatic heterocycles. The van der Waals surface area contributed by atoms with Crippen molar-refractivity contribution >= 4 is 10.0 Å². The third-order valence-corrected chi connectivity index (χ3v) is 3.73. The van der Waals surface area contributed by atoms with Crippen molar-refractivity contribution in [3.63, 3.8) is 0 Å². The molecule has 0 atom stereocenters. The van der Waals surface area contributed by atoms with Crippen molar-refractivity contribution < 1.29 is 21.6 Å². The number of hydrogen-bond acceptors (Lipinski definition) is 3. The molecule has 0 aliphatic carbocycles. The van der Waals surface area contributed by atoms with Crippen molar-refractivity contribution in [2.75, 3.05) is 0 Å². The van der Waals surface area contributed by atoms with Gasteiger partial charge in [0.05, 0.1) is 6.20 Å². The molecule has 19 heavy (non-hydrogen) atoms. The zero-order valence-electron chi connectivity index (χ0n) is 9.32. The molecule has 0 unspecified atom stereocenters. The number of nitrogens with one attached hydrogen (secondary N) is 2. The van der Waals surface area contributed by atoms with Gasteiger partial charge >= 0.3 is 0 Å². The fourth-order valence-electron chi connectivity index (χ4n) is 1.35. The highest BCUT2D eigenvalue weighted by Crippen LogP contribution is 2.19. The SMILES string of the molecule is O=S(=O)(NCc1cn[nH]c1)c1ccc(F)c(F)c1F. The van der Waals surface area contributed by atoms with Crippen molar-refractivity contribution in [3.05, 3.63) is 47.5 Å². The van der Waals surface area contributed by atoms with E-state index in [9.17, 15) is 21.6 Å². The Morgan fingerprint density at radius 1 is 1.21 bits per heavy atom. The first-order valence-electron chi connectivity index (χ1n) is 5.02. The van der Waals surface area contributed by atoms with E-state index in [1.54, 1.807) is 0 Å². The summed E-state index contributed by atoms with van der Waals surface area (Å²) in [6, 6.07) is 1.20. The zero-order chi connectivity index (χ0) is 14.0. The molecule has 0 aliphatic rings. The highest BCUT2D eigenvalue weighted by Gasteiger charge is 2.23. The van der Waals surface area contributed by atoms with Crippen LogP contribution in [0.1, 0.15) is 5.56 Å². The highest BCUT2D eigenvalue weighted by molar-refractivity contribution is 7.89. The summed E-state index contributed by atoms with van der Waals surface area (Å²) >= 11 is 0. The Kier molecular flexibility index (Phi) is 3.58. The van der Waals surface area contributed by atoms with E-state index in [-0.39, 0.29) is 6.54 Å². The van der Waals surface area contributed by atoms with Gasteiger partial charge in [-0.1, -0.05) is 0 Å². The van der Waals surface area contributed by atoms with E-state index in [4.69, 9.17) is 0 Å². The first-order chi connectivity index (χ1) is 8.92. The number of halogens is 3. The lowest BCUT2D eigenvalue weighted by molar-refractivity contribution is 0.431. The standard InChI is InChI=1S/C10H8F3N3O2S/c11-7-1-2-8(10(13)9(7)12)19(17,18)16-5-6-3-14-15-4-6/h1-4,16H,5H2,(H,14,15). The topological polar surface area (TPSA) is 74.8 Å². The van der Waals surface area contributed by atoms with Crippen molar-refractivity contribution in [2.24, 2.45) is 0 Å². The minimum Gasteiger partial charge on any atom is -0.285 e. The maximum absolute atomic E-state index is 13.4. The van der Waals surface area contributed by atoms with Crippen molar-refractivity contribution in [1.29, 1.82) is 0 Å². The van der Waals surface area contributed by atoms with Gasteiger partial charge in [0.25, 0.3) is 0 Å². The molecule has 0 fully saturated rings. The molecule has 0 bridgehead atoms. The first kappa shape index (κ1) is 13.6. The molecule has 1 heterocycles. The smallest absolute Gasteiger partial charge is 0.243 e. The van der Waals surface area contributed by atoms with Crippen molar-refractivity contribution in [2.45, 2.75) is 11.4 Å². The number of aromatic amines is 1. The van der Waals surface area contributed by atoms with Crippen LogP contribution in [0.4, 0.5) is 13.2 Å². The third-order valence-electron chi connectivity index (χ3n) is 2.31. The number of rotatable bonds is 4. The minimum absolute atomic E-state index is 0.155. The quantitative estimate of drug-likeness (QED) is 0.834. The molecule has 2 aromatic rings. The maximum Gasteiger partial charge on any atom is 0.243 e. The van der Waals surface area contributed by atoms with Crippen molar-refractivity contribution in [1.82, 2.24) is 14.9 Å². The third kappa shape index (κ3) is 2.76. The van der Waals surface area contributed by atoms with E-state index in [2.05, 4.69) is 10.2 Å². The van der Waals surface area contributed by atoms with E-state index in [1.165, 1.54) is 12.4 Å². The van der Waals surface area contributed by atoms with Gasteiger partial charge in [0.15, 0.2) is 17.5 Å².